The number of aliphatic hydroxyl groups is 1. The van der Waals surface area contributed by atoms with Crippen molar-refractivity contribution in [2.45, 2.75) is 32.4 Å². The molecule has 6 heteroatoms. The number of hydrogen-bond donors (Lipinski definition) is 4. The topological polar surface area (TPSA) is 104 Å². The quantitative estimate of drug-likeness (QED) is 0.585. The predicted octanol–water partition coefficient (Wildman–Crippen LogP) is 0.399. The normalized spacial score (nSPS) is 13.5. The fourth-order valence-electron chi connectivity index (χ4n) is 2.04. The Morgan fingerprint density at radius 1 is 1.19 bits per heavy atom. The van der Waals surface area contributed by atoms with Gasteiger partial charge in [0, 0.05) is 0 Å². The molecule has 0 saturated carbocycles. The molecule has 0 fully saturated rings. The van der Waals surface area contributed by atoms with Crippen LogP contribution in [0.1, 0.15) is 19.4 Å². The maximum absolute atomic E-state index is 12.2. The number of benzene rings is 1. The molecule has 116 valence electrons. The van der Waals surface area contributed by atoms with E-state index in [1.807, 2.05) is 44.2 Å². The number of carbonyl (C=O) groups is 2. The predicted molar refractivity (Wildman–Crippen MR) is 80.5 cm³/mol. The number of nitrogens with two attached hydrogens (primary N) is 1. The molecule has 3 amide bonds. The lowest BCUT2D eigenvalue weighted by atomic mass is 10.0. The molecule has 0 bridgehead atoms. The molecule has 0 spiro atoms. The Balaban J connectivity index is 2.66. The highest BCUT2D eigenvalue weighted by Gasteiger charge is 2.25. The molecular formula is C15H23N3O3. The fourth-order valence-corrected chi connectivity index (χ4v) is 2.04. The molecule has 0 radical (unpaired) electrons. The first kappa shape index (κ1) is 17.0. The number of aliphatic hydroxyl groups excluding tert-OH is 1. The highest BCUT2D eigenvalue weighted by atomic mass is 16.3. The van der Waals surface area contributed by atoms with Crippen LogP contribution in [0.5, 0.6) is 0 Å². The minimum absolute atomic E-state index is 0.103. The van der Waals surface area contributed by atoms with Gasteiger partial charge in [0.2, 0.25) is 5.91 Å². The van der Waals surface area contributed by atoms with Gasteiger partial charge in [-0.25, -0.2) is 4.79 Å². The number of rotatable bonds is 7. The molecule has 1 rings (SSSR count). The van der Waals surface area contributed by atoms with Gasteiger partial charge in [-0.2, -0.15) is 0 Å². The van der Waals surface area contributed by atoms with Crippen molar-refractivity contribution >= 4 is 11.9 Å². The molecule has 21 heavy (non-hydrogen) atoms. The van der Waals surface area contributed by atoms with Crippen LogP contribution in [-0.2, 0) is 11.2 Å². The summed E-state index contributed by atoms with van der Waals surface area (Å²) in [6.45, 7) is 3.44. The zero-order valence-corrected chi connectivity index (χ0v) is 12.4. The van der Waals surface area contributed by atoms with Crippen molar-refractivity contribution in [2.24, 2.45) is 11.7 Å². The molecule has 0 aromatic heterocycles. The van der Waals surface area contributed by atoms with Crippen LogP contribution in [0.4, 0.5) is 4.79 Å². The molecule has 0 saturated heterocycles. The van der Waals surface area contributed by atoms with Crippen molar-refractivity contribution in [1.82, 2.24) is 10.6 Å². The maximum Gasteiger partial charge on any atom is 0.312 e. The van der Waals surface area contributed by atoms with E-state index in [1.165, 1.54) is 0 Å². The van der Waals surface area contributed by atoms with E-state index in [4.69, 9.17) is 5.73 Å². The number of nitrogens with one attached hydrogen (secondary N) is 2. The second-order valence-corrected chi connectivity index (χ2v) is 5.31. The first-order valence-electron chi connectivity index (χ1n) is 6.95. The first-order valence-corrected chi connectivity index (χ1v) is 6.95. The van der Waals surface area contributed by atoms with Crippen LogP contribution in [-0.4, -0.2) is 35.7 Å². The van der Waals surface area contributed by atoms with Gasteiger partial charge in [-0.15, -0.1) is 0 Å². The molecule has 1 aromatic carbocycles. The van der Waals surface area contributed by atoms with Crippen LogP contribution in [0.25, 0.3) is 0 Å². The van der Waals surface area contributed by atoms with Crippen LogP contribution in [0, 0.1) is 5.92 Å². The van der Waals surface area contributed by atoms with Gasteiger partial charge >= 0.3 is 6.03 Å². The van der Waals surface area contributed by atoms with Crippen molar-refractivity contribution in [3.05, 3.63) is 35.9 Å². The van der Waals surface area contributed by atoms with Crippen LogP contribution in [0.3, 0.4) is 0 Å². The van der Waals surface area contributed by atoms with Crippen molar-refractivity contribution in [2.75, 3.05) is 6.61 Å². The first-order chi connectivity index (χ1) is 9.93. The summed E-state index contributed by atoms with van der Waals surface area (Å²) in [4.78, 5) is 23.1. The Labute approximate surface area is 124 Å². The van der Waals surface area contributed by atoms with E-state index in [9.17, 15) is 14.7 Å². The Bertz CT molecular complexity index is 462. The number of amides is 3. The standard InChI is InChI=1S/C15H23N3O3/c1-10(2)13(18-15(16)21)14(20)17-12(9-19)8-11-6-4-3-5-7-11/h3-7,10,12-13,19H,8-9H2,1-2H3,(H,17,20)(H3,16,18,21). The molecule has 0 aliphatic carbocycles. The third kappa shape index (κ3) is 5.83. The molecule has 1 aromatic rings. The monoisotopic (exact) mass is 293 g/mol. The SMILES string of the molecule is CC(C)C(NC(N)=O)C(=O)NC(CO)Cc1ccccc1. The van der Waals surface area contributed by atoms with E-state index in [0.717, 1.165) is 5.56 Å². The van der Waals surface area contributed by atoms with Crippen LogP contribution < -0.4 is 16.4 Å². The highest BCUT2D eigenvalue weighted by Crippen LogP contribution is 2.06. The summed E-state index contributed by atoms with van der Waals surface area (Å²) in [5.41, 5.74) is 6.09. The lowest BCUT2D eigenvalue weighted by molar-refractivity contribution is -0.124. The Hall–Kier alpha value is -2.08. The van der Waals surface area contributed by atoms with Gasteiger partial charge in [-0.3, -0.25) is 4.79 Å². The van der Waals surface area contributed by atoms with E-state index >= 15 is 0 Å². The molecule has 0 heterocycles. The fraction of sp³-hybridized carbons (Fsp3) is 0.467. The van der Waals surface area contributed by atoms with Gasteiger partial charge in [0.1, 0.15) is 6.04 Å². The Morgan fingerprint density at radius 2 is 1.81 bits per heavy atom. The molecule has 0 aliphatic heterocycles. The highest BCUT2D eigenvalue weighted by molar-refractivity contribution is 5.86. The lowest BCUT2D eigenvalue weighted by Crippen LogP contribution is -2.54. The Morgan fingerprint density at radius 3 is 2.29 bits per heavy atom. The largest absolute Gasteiger partial charge is 0.394 e. The van der Waals surface area contributed by atoms with Gasteiger partial charge < -0.3 is 21.5 Å². The average Bonchev–Trinajstić information content (AvgIpc) is 2.44. The molecule has 2 atom stereocenters. The molecule has 0 aliphatic rings. The van der Waals surface area contributed by atoms with Crippen LogP contribution in [0.2, 0.25) is 0 Å². The van der Waals surface area contributed by atoms with Gasteiger partial charge in [0.25, 0.3) is 0 Å². The minimum atomic E-state index is -0.743. The summed E-state index contributed by atoms with van der Waals surface area (Å²) in [6, 6.07) is 7.69. The third-order valence-corrected chi connectivity index (χ3v) is 3.14. The Kier molecular flexibility index (Phi) is 6.68. The van der Waals surface area contributed by atoms with Crippen molar-refractivity contribution in [3.63, 3.8) is 0 Å². The van der Waals surface area contributed by atoms with Gasteiger partial charge in [-0.05, 0) is 17.9 Å². The maximum atomic E-state index is 12.2. The summed E-state index contributed by atoms with van der Waals surface area (Å²) in [5.74, 6) is -0.452. The van der Waals surface area contributed by atoms with Crippen LogP contribution >= 0.6 is 0 Å². The van der Waals surface area contributed by atoms with E-state index in [-0.39, 0.29) is 18.4 Å². The van der Waals surface area contributed by atoms with Crippen molar-refractivity contribution in [3.8, 4) is 0 Å². The molecular weight excluding hydrogens is 270 g/mol. The van der Waals surface area contributed by atoms with Gasteiger partial charge in [0.15, 0.2) is 0 Å². The van der Waals surface area contributed by atoms with E-state index in [1.54, 1.807) is 0 Å². The van der Waals surface area contributed by atoms with Crippen molar-refractivity contribution < 1.29 is 14.7 Å². The lowest BCUT2D eigenvalue weighted by Gasteiger charge is -2.24. The zero-order valence-electron chi connectivity index (χ0n) is 12.4. The molecule has 5 N–H and O–H groups in total. The smallest absolute Gasteiger partial charge is 0.312 e. The molecule has 2 unspecified atom stereocenters. The van der Waals surface area contributed by atoms with Crippen LogP contribution in [0.15, 0.2) is 30.3 Å². The summed E-state index contributed by atoms with van der Waals surface area (Å²) in [6.07, 6.45) is 0.518. The number of primary amides is 1. The van der Waals surface area contributed by atoms with Crippen molar-refractivity contribution in [1.29, 1.82) is 0 Å². The zero-order chi connectivity index (χ0) is 15.8. The van der Waals surface area contributed by atoms with Gasteiger partial charge in [0.05, 0.1) is 12.6 Å². The van der Waals surface area contributed by atoms with E-state index in [2.05, 4.69) is 10.6 Å². The number of urea groups is 1. The van der Waals surface area contributed by atoms with E-state index in [0.29, 0.717) is 6.42 Å². The number of hydrogen-bond acceptors (Lipinski definition) is 3. The summed E-state index contributed by atoms with van der Waals surface area (Å²) in [7, 11) is 0. The minimum Gasteiger partial charge on any atom is -0.394 e. The second kappa shape index (κ2) is 8.26. The second-order valence-electron chi connectivity index (χ2n) is 5.31. The summed E-state index contributed by atoms with van der Waals surface area (Å²) in [5, 5.41) is 14.6. The summed E-state index contributed by atoms with van der Waals surface area (Å²) < 4.78 is 0. The average molecular weight is 293 g/mol. The van der Waals surface area contributed by atoms with E-state index < -0.39 is 18.1 Å². The van der Waals surface area contributed by atoms with Gasteiger partial charge in [-0.1, -0.05) is 44.2 Å². The third-order valence-electron chi connectivity index (χ3n) is 3.14. The number of carbonyl (C=O) groups excluding carboxylic acids is 2. The summed E-state index contributed by atoms with van der Waals surface area (Å²) >= 11 is 0. The molecule has 6 nitrogen and oxygen atoms in total.